The predicted octanol–water partition coefficient (Wildman–Crippen LogP) is 1.44. The van der Waals surface area contributed by atoms with Crippen molar-refractivity contribution in [2.45, 2.75) is 38.0 Å². The zero-order valence-corrected chi connectivity index (χ0v) is 9.52. The molecule has 2 N–H and O–H groups in total. The lowest BCUT2D eigenvalue weighted by Gasteiger charge is -2.19. The van der Waals surface area contributed by atoms with E-state index in [4.69, 9.17) is 9.84 Å². The molecule has 0 spiro atoms. The number of ether oxygens (including phenoxy) is 1. The van der Waals surface area contributed by atoms with Gasteiger partial charge in [0.2, 0.25) is 0 Å². The average Bonchev–Trinajstić information content (AvgIpc) is 2.76. The topological polar surface area (TPSA) is 54.4 Å². The van der Waals surface area contributed by atoms with E-state index < -0.39 is 0 Å². The fraction of sp³-hybridized carbons (Fsp3) is 0.583. The summed E-state index contributed by atoms with van der Waals surface area (Å²) in [5.74, 6) is 0.208. The van der Waals surface area contributed by atoms with Gasteiger partial charge in [-0.25, -0.2) is 0 Å². The molecule has 1 heterocycles. The van der Waals surface area contributed by atoms with Crippen LogP contribution in [0.1, 0.15) is 25.0 Å². The summed E-state index contributed by atoms with van der Waals surface area (Å²) < 4.78 is 5.41. The van der Waals surface area contributed by atoms with E-state index in [0.29, 0.717) is 12.1 Å². The number of hydrogen-bond acceptors (Lipinski definition) is 4. The second-order valence-corrected chi connectivity index (χ2v) is 4.20. The van der Waals surface area contributed by atoms with Crippen LogP contribution >= 0.6 is 0 Å². The number of aromatic nitrogens is 1. The quantitative estimate of drug-likeness (QED) is 0.809. The first-order valence-electron chi connectivity index (χ1n) is 5.69. The Balaban J connectivity index is 1.85. The molecule has 4 heteroatoms. The van der Waals surface area contributed by atoms with E-state index in [2.05, 4.69) is 10.3 Å². The van der Waals surface area contributed by atoms with Gasteiger partial charge in [-0.1, -0.05) is 0 Å². The van der Waals surface area contributed by atoms with Crippen LogP contribution < -0.4 is 5.32 Å². The fourth-order valence-electron chi connectivity index (χ4n) is 2.20. The van der Waals surface area contributed by atoms with E-state index in [1.165, 1.54) is 12.6 Å². The highest BCUT2D eigenvalue weighted by Gasteiger charge is 2.26. The summed E-state index contributed by atoms with van der Waals surface area (Å²) in [7, 11) is 1.77. The minimum atomic E-state index is 0.208. The van der Waals surface area contributed by atoms with Crippen molar-refractivity contribution in [2.24, 2.45) is 0 Å². The molecule has 1 aliphatic rings. The lowest BCUT2D eigenvalue weighted by Crippen LogP contribution is -2.36. The standard InChI is InChI=1S/C12H18N2O2/c1-16-12-4-2-3-11(12)14-7-9-5-6-10(15)8-13-9/h5-6,8,11-12,14-15H,2-4,7H2,1H3. The van der Waals surface area contributed by atoms with Crippen LogP contribution in [-0.2, 0) is 11.3 Å². The van der Waals surface area contributed by atoms with Crippen molar-refractivity contribution >= 4 is 0 Å². The molecular formula is C12H18N2O2. The molecule has 0 bridgehead atoms. The van der Waals surface area contributed by atoms with Crippen molar-refractivity contribution in [2.75, 3.05) is 7.11 Å². The normalized spacial score (nSPS) is 24.8. The molecule has 16 heavy (non-hydrogen) atoms. The van der Waals surface area contributed by atoms with Crippen LogP contribution in [0.15, 0.2) is 18.3 Å². The first-order valence-corrected chi connectivity index (χ1v) is 5.69. The van der Waals surface area contributed by atoms with Gasteiger partial charge in [0.1, 0.15) is 5.75 Å². The van der Waals surface area contributed by atoms with Crippen LogP contribution in [0.4, 0.5) is 0 Å². The second-order valence-electron chi connectivity index (χ2n) is 4.20. The zero-order chi connectivity index (χ0) is 11.4. The number of rotatable bonds is 4. The Morgan fingerprint density at radius 1 is 1.50 bits per heavy atom. The molecule has 1 aromatic rings. The van der Waals surface area contributed by atoms with E-state index in [1.807, 2.05) is 6.07 Å². The van der Waals surface area contributed by atoms with Crippen LogP contribution in [0.25, 0.3) is 0 Å². The summed E-state index contributed by atoms with van der Waals surface area (Å²) >= 11 is 0. The van der Waals surface area contributed by atoms with Crippen molar-refractivity contribution in [1.29, 1.82) is 0 Å². The highest BCUT2D eigenvalue weighted by Crippen LogP contribution is 2.21. The molecule has 2 atom stereocenters. The van der Waals surface area contributed by atoms with Crippen LogP contribution in [0.5, 0.6) is 5.75 Å². The molecule has 4 nitrogen and oxygen atoms in total. The molecular weight excluding hydrogens is 204 g/mol. The van der Waals surface area contributed by atoms with Gasteiger partial charge in [0, 0.05) is 19.7 Å². The molecule has 0 saturated heterocycles. The first kappa shape index (κ1) is 11.4. The van der Waals surface area contributed by atoms with Crippen molar-refractivity contribution < 1.29 is 9.84 Å². The Morgan fingerprint density at radius 2 is 2.38 bits per heavy atom. The van der Waals surface area contributed by atoms with Gasteiger partial charge in [-0.15, -0.1) is 0 Å². The molecule has 0 aliphatic heterocycles. The maximum Gasteiger partial charge on any atom is 0.133 e. The first-order chi connectivity index (χ1) is 7.79. The summed E-state index contributed by atoms with van der Waals surface area (Å²) in [6.45, 7) is 0.727. The lowest BCUT2D eigenvalue weighted by molar-refractivity contribution is 0.0846. The SMILES string of the molecule is COC1CCCC1NCc1ccc(O)cn1. The smallest absolute Gasteiger partial charge is 0.133 e. The maximum atomic E-state index is 9.11. The van der Waals surface area contributed by atoms with Crippen molar-refractivity contribution in [1.82, 2.24) is 10.3 Å². The van der Waals surface area contributed by atoms with Gasteiger partial charge in [-0.3, -0.25) is 4.98 Å². The second kappa shape index (κ2) is 5.27. The lowest BCUT2D eigenvalue weighted by atomic mass is 10.2. The molecule has 0 aromatic carbocycles. The summed E-state index contributed by atoms with van der Waals surface area (Å²) in [5.41, 5.74) is 0.944. The van der Waals surface area contributed by atoms with Gasteiger partial charge < -0.3 is 15.2 Å². The molecule has 1 aliphatic carbocycles. The molecule has 1 fully saturated rings. The van der Waals surface area contributed by atoms with Crippen LogP contribution in [0, 0.1) is 0 Å². The summed E-state index contributed by atoms with van der Waals surface area (Å²) in [4.78, 5) is 4.14. The molecule has 0 amide bonds. The molecule has 0 radical (unpaired) electrons. The Kier molecular flexibility index (Phi) is 3.74. The van der Waals surface area contributed by atoms with Crippen LogP contribution in [-0.4, -0.2) is 29.3 Å². The molecule has 1 saturated carbocycles. The summed E-state index contributed by atoms with van der Waals surface area (Å²) in [5, 5.41) is 12.6. The number of nitrogens with one attached hydrogen (secondary N) is 1. The predicted molar refractivity (Wildman–Crippen MR) is 61.2 cm³/mol. The average molecular weight is 222 g/mol. The van der Waals surface area contributed by atoms with Gasteiger partial charge in [0.05, 0.1) is 18.0 Å². The van der Waals surface area contributed by atoms with Crippen LogP contribution in [0.2, 0.25) is 0 Å². The monoisotopic (exact) mass is 222 g/mol. The number of aromatic hydroxyl groups is 1. The van der Waals surface area contributed by atoms with E-state index in [9.17, 15) is 0 Å². The number of hydrogen-bond donors (Lipinski definition) is 2. The van der Waals surface area contributed by atoms with E-state index in [0.717, 1.165) is 25.1 Å². The van der Waals surface area contributed by atoms with Gasteiger partial charge >= 0.3 is 0 Å². The van der Waals surface area contributed by atoms with Gasteiger partial charge in [0.25, 0.3) is 0 Å². The maximum absolute atomic E-state index is 9.11. The Hall–Kier alpha value is -1.13. The minimum Gasteiger partial charge on any atom is -0.506 e. The molecule has 1 aromatic heterocycles. The van der Waals surface area contributed by atoms with E-state index >= 15 is 0 Å². The van der Waals surface area contributed by atoms with Crippen molar-refractivity contribution in [3.05, 3.63) is 24.0 Å². The third kappa shape index (κ3) is 2.71. The van der Waals surface area contributed by atoms with E-state index in [1.54, 1.807) is 13.2 Å². The fourth-order valence-corrected chi connectivity index (χ4v) is 2.20. The largest absolute Gasteiger partial charge is 0.506 e. The zero-order valence-electron chi connectivity index (χ0n) is 9.52. The third-order valence-corrected chi connectivity index (χ3v) is 3.11. The van der Waals surface area contributed by atoms with Crippen molar-refractivity contribution in [3.63, 3.8) is 0 Å². The summed E-state index contributed by atoms with van der Waals surface area (Å²) in [6, 6.07) is 3.92. The number of pyridine rings is 1. The number of methoxy groups -OCH3 is 1. The third-order valence-electron chi connectivity index (χ3n) is 3.11. The van der Waals surface area contributed by atoms with Gasteiger partial charge in [-0.2, -0.15) is 0 Å². The number of nitrogens with zero attached hydrogens (tertiary/aromatic N) is 1. The van der Waals surface area contributed by atoms with Gasteiger partial charge in [0.15, 0.2) is 0 Å². The molecule has 88 valence electrons. The summed E-state index contributed by atoms with van der Waals surface area (Å²) in [6.07, 6.45) is 5.32. The van der Waals surface area contributed by atoms with Crippen LogP contribution in [0.3, 0.4) is 0 Å². The Bertz CT molecular complexity index is 326. The molecule has 2 rings (SSSR count). The van der Waals surface area contributed by atoms with Crippen molar-refractivity contribution in [3.8, 4) is 5.75 Å². The highest BCUT2D eigenvalue weighted by atomic mass is 16.5. The minimum absolute atomic E-state index is 0.208. The Labute approximate surface area is 95.7 Å². The Morgan fingerprint density at radius 3 is 3.06 bits per heavy atom. The highest BCUT2D eigenvalue weighted by molar-refractivity contribution is 5.17. The van der Waals surface area contributed by atoms with E-state index in [-0.39, 0.29) is 5.75 Å². The van der Waals surface area contributed by atoms with Gasteiger partial charge in [-0.05, 0) is 31.4 Å². The molecule has 2 unspecified atom stereocenters.